The standard InChI is InChI=1S/C31H24ClN3O3S/c1-18-24(5-3-7-26(18)31-34-27-10-20(15-36)9-21(12-33)30(27)38-31)25-6-4-8-28(19(25)2)39-16-22-13-35(29(37)11-32)14-23(22)17-39/h3-10,15-17,39H,11,13-14H2,1-2H3. The van der Waals surface area contributed by atoms with E-state index in [9.17, 15) is 14.9 Å². The summed E-state index contributed by atoms with van der Waals surface area (Å²) < 4.78 is 6.06. The second kappa shape index (κ2) is 9.88. The average molecular weight is 554 g/mol. The quantitative estimate of drug-likeness (QED) is 0.169. The summed E-state index contributed by atoms with van der Waals surface area (Å²) in [5.74, 6) is 0.395. The normalized spacial score (nSPS) is 15.2. The van der Waals surface area contributed by atoms with E-state index in [4.69, 9.17) is 16.0 Å². The number of oxazole rings is 1. The van der Waals surface area contributed by atoms with E-state index in [0.717, 1.165) is 22.3 Å². The van der Waals surface area contributed by atoms with Crippen LogP contribution in [0.2, 0.25) is 0 Å². The first kappa shape index (κ1) is 25.2. The molecule has 1 aromatic heterocycles. The third-order valence-electron chi connectivity index (χ3n) is 7.40. The number of aldehydes is 1. The molecule has 0 N–H and O–H groups in total. The summed E-state index contributed by atoms with van der Waals surface area (Å²) in [4.78, 5) is 31.1. The fourth-order valence-corrected chi connectivity index (χ4v) is 7.82. The molecule has 39 heavy (non-hydrogen) atoms. The van der Waals surface area contributed by atoms with E-state index in [1.807, 2.05) is 19.1 Å². The van der Waals surface area contributed by atoms with Gasteiger partial charge >= 0.3 is 0 Å². The summed E-state index contributed by atoms with van der Waals surface area (Å²) >= 11 is 5.76. The highest BCUT2D eigenvalue weighted by molar-refractivity contribution is 8.22. The number of nitrogens with zero attached hydrogens (tertiary/aromatic N) is 3. The number of carbonyl (C=O) groups is 2. The molecule has 1 saturated heterocycles. The number of alkyl halides is 1. The molecule has 2 aliphatic heterocycles. The predicted molar refractivity (Wildman–Crippen MR) is 155 cm³/mol. The highest BCUT2D eigenvalue weighted by Crippen LogP contribution is 2.51. The van der Waals surface area contributed by atoms with Gasteiger partial charge in [0.2, 0.25) is 11.8 Å². The zero-order valence-electron chi connectivity index (χ0n) is 21.4. The maximum absolute atomic E-state index is 12.0. The van der Waals surface area contributed by atoms with Crippen molar-refractivity contribution in [3.63, 3.8) is 0 Å². The first-order valence-electron chi connectivity index (χ1n) is 12.5. The van der Waals surface area contributed by atoms with Crippen LogP contribution in [0.15, 0.2) is 79.8 Å². The summed E-state index contributed by atoms with van der Waals surface area (Å²) in [6, 6.07) is 17.7. The van der Waals surface area contributed by atoms with E-state index in [0.29, 0.717) is 41.9 Å². The lowest BCUT2D eigenvalue weighted by atomic mass is 9.93. The SMILES string of the molecule is Cc1c(-c2nc3cc(C=O)cc(C#N)c3o2)cccc1-c1cccc([SH]2C=C3CN(C(=O)CCl)CC3=C2)c1C. The number of likely N-dealkylation sites (tertiary alicyclic amines) is 1. The van der Waals surface area contributed by atoms with Crippen LogP contribution in [0.25, 0.3) is 33.7 Å². The molecule has 6 rings (SSSR count). The summed E-state index contributed by atoms with van der Waals surface area (Å²) in [5.41, 5.74) is 9.27. The number of benzene rings is 3. The summed E-state index contributed by atoms with van der Waals surface area (Å²) in [6.45, 7) is 5.46. The van der Waals surface area contributed by atoms with Gasteiger partial charge < -0.3 is 9.32 Å². The molecule has 0 unspecified atom stereocenters. The second-order valence-electron chi connectivity index (χ2n) is 9.69. The number of nitriles is 1. The summed E-state index contributed by atoms with van der Waals surface area (Å²) in [6.07, 6.45) is 0.705. The largest absolute Gasteiger partial charge is 0.435 e. The van der Waals surface area contributed by atoms with Crippen LogP contribution in [0.1, 0.15) is 27.0 Å². The molecule has 3 aromatic carbocycles. The topological polar surface area (TPSA) is 87.2 Å². The molecule has 1 fully saturated rings. The van der Waals surface area contributed by atoms with Crippen LogP contribution in [0.4, 0.5) is 0 Å². The Kier molecular flexibility index (Phi) is 6.38. The minimum absolute atomic E-state index is 0.0116. The van der Waals surface area contributed by atoms with Crippen LogP contribution in [0.5, 0.6) is 0 Å². The number of rotatable bonds is 5. The van der Waals surface area contributed by atoms with E-state index < -0.39 is 10.9 Å². The molecule has 0 bridgehead atoms. The Morgan fingerprint density at radius 2 is 1.74 bits per heavy atom. The molecular formula is C31H24ClN3O3S. The lowest BCUT2D eigenvalue weighted by molar-refractivity contribution is -0.127. The Labute approximate surface area is 233 Å². The van der Waals surface area contributed by atoms with Gasteiger partial charge in [0.1, 0.15) is 23.8 Å². The van der Waals surface area contributed by atoms with Crippen molar-refractivity contribution < 1.29 is 14.0 Å². The Bertz CT molecular complexity index is 1770. The van der Waals surface area contributed by atoms with E-state index >= 15 is 0 Å². The predicted octanol–water partition coefficient (Wildman–Crippen LogP) is 6.69. The first-order chi connectivity index (χ1) is 18.9. The molecule has 0 radical (unpaired) electrons. The van der Waals surface area contributed by atoms with Crippen molar-refractivity contribution in [1.82, 2.24) is 9.88 Å². The number of fused-ring (bicyclic) bond motifs is 2. The van der Waals surface area contributed by atoms with Crippen molar-refractivity contribution in [1.29, 1.82) is 5.26 Å². The van der Waals surface area contributed by atoms with Gasteiger partial charge in [-0.2, -0.15) is 16.2 Å². The van der Waals surface area contributed by atoms with Crippen molar-refractivity contribution in [3.05, 3.63) is 92.7 Å². The molecule has 2 aliphatic rings. The molecule has 8 heteroatoms. The molecule has 4 aromatic rings. The highest BCUT2D eigenvalue weighted by atomic mass is 35.5. The fraction of sp³-hybridized carbons (Fsp3) is 0.161. The second-order valence-corrected chi connectivity index (χ2v) is 11.8. The van der Waals surface area contributed by atoms with E-state index in [1.54, 1.807) is 11.0 Å². The Morgan fingerprint density at radius 1 is 1.08 bits per heavy atom. The fourth-order valence-electron chi connectivity index (χ4n) is 5.37. The summed E-state index contributed by atoms with van der Waals surface area (Å²) in [7, 11) is -0.614. The number of halogens is 1. The number of hydrogen-bond acceptors (Lipinski definition) is 5. The molecule has 0 aliphatic carbocycles. The van der Waals surface area contributed by atoms with Crippen LogP contribution in [0.3, 0.4) is 0 Å². The Hall–Kier alpha value is -4.12. The van der Waals surface area contributed by atoms with Gasteiger partial charge in [-0.05, 0) is 87.2 Å². The van der Waals surface area contributed by atoms with Gasteiger partial charge in [-0.25, -0.2) is 4.98 Å². The van der Waals surface area contributed by atoms with Crippen molar-refractivity contribution in [2.75, 3.05) is 19.0 Å². The molecule has 3 heterocycles. The monoisotopic (exact) mass is 553 g/mol. The van der Waals surface area contributed by atoms with Crippen molar-refractivity contribution in [2.45, 2.75) is 18.7 Å². The molecular weight excluding hydrogens is 530 g/mol. The van der Waals surface area contributed by atoms with E-state index in [2.05, 4.69) is 53.1 Å². The van der Waals surface area contributed by atoms with Gasteiger partial charge in [-0.3, -0.25) is 9.59 Å². The number of amides is 1. The lowest BCUT2D eigenvalue weighted by Crippen LogP contribution is -2.28. The van der Waals surface area contributed by atoms with Crippen molar-refractivity contribution in [2.24, 2.45) is 0 Å². The van der Waals surface area contributed by atoms with Crippen LogP contribution in [-0.4, -0.2) is 41.0 Å². The molecule has 0 atom stereocenters. The number of thiol groups is 1. The minimum Gasteiger partial charge on any atom is -0.435 e. The Balaban J connectivity index is 1.37. The van der Waals surface area contributed by atoms with Crippen LogP contribution >= 0.6 is 22.5 Å². The molecule has 1 amide bonds. The first-order valence-corrected chi connectivity index (χ1v) is 14.5. The zero-order chi connectivity index (χ0) is 27.3. The smallest absolute Gasteiger partial charge is 0.238 e. The maximum atomic E-state index is 12.0. The molecule has 194 valence electrons. The Morgan fingerprint density at radius 3 is 2.41 bits per heavy atom. The van der Waals surface area contributed by atoms with Crippen molar-refractivity contribution >= 4 is 45.8 Å². The van der Waals surface area contributed by atoms with Crippen LogP contribution in [-0.2, 0) is 4.79 Å². The number of hydrogen-bond donors (Lipinski definition) is 1. The molecule has 0 saturated carbocycles. The van der Waals surface area contributed by atoms with Crippen LogP contribution < -0.4 is 0 Å². The average Bonchev–Trinajstić information content (AvgIpc) is 3.66. The van der Waals surface area contributed by atoms with E-state index in [1.165, 1.54) is 27.7 Å². The van der Waals surface area contributed by atoms with Gasteiger partial charge in [0, 0.05) is 24.2 Å². The summed E-state index contributed by atoms with van der Waals surface area (Å²) in [5, 5.41) is 14.2. The van der Waals surface area contributed by atoms with E-state index in [-0.39, 0.29) is 17.4 Å². The maximum Gasteiger partial charge on any atom is 0.238 e. The molecule has 0 spiro atoms. The molecule has 6 nitrogen and oxygen atoms in total. The van der Waals surface area contributed by atoms with Gasteiger partial charge in [0.15, 0.2) is 5.58 Å². The third-order valence-corrected chi connectivity index (χ3v) is 9.85. The van der Waals surface area contributed by atoms with Gasteiger partial charge in [0.25, 0.3) is 0 Å². The minimum atomic E-state index is -0.614. The third kappa shape index (κ3) is 4.26. The van der Waals surface area contributed by atoms with Gasteiger partial charge in [0.05, 0.1) is 5.56 Å². The van der Waals surface area contributed by atoms with Crippen LogP contribution in [0, 0.1) is 25.2 Å². The number of aromatic nitrogens is 1. The van der Waals surface area contributed by atoms with Gasteiger partial charge in [-0.1, -0.05) is 24.3 Å². The van der Waals surface area contributed by atoms with Crippen molar-refractivity contribution in [3.8, 4) is 28.7 Å². The van der Waals surface area contributed by atoms with Gasteiger partial charge in [-0.15, -0.1) is 11.6 Å². The highest BCUT2D eigenvalue weighted by Gasteiger charge is 2.30. The number of carbonyl (C=O) groups excluding carboxylic acids is 2. The lowest BCUT2D eigenvalue weighted by Gasteiger charge is -2.20. The zero-order valence-corrected chi connectivity index (χ0v) is 23.0.